The van der Waals surface area contributed by atoms with Crippen molar-refractivity contribution in [1.82, 2.24) is 10.2 Å². The highest BCUT2D eigenvalue weighted by Crippen LogP contribution is 2.44. The van der Waals surface area contributed by atoms with Gasteiger partial charge in [-0.05, 0) is 47.9 Å². The number of ether oxygens (including phenoxy) is 1. The number of alkyl carbamates (subject to hydrolysis) is 1. The van der Waals surface area contributed by atoms with Crippen LogP contribution < -0.4 is 5.32 Å². The third kappa shape index (κ3) is 5.08. The summed E-state index contributed by atoms with van der Waals surface area (Å²) in [5.74, 6) is -1.30. The van der Waals surface area contributed by atoms with E-state index >= 15 is 0 Å². The van der Waals surface area contributed by atoms with Crippen molar-refractivity contribution in [2.45, 2.75) is 45.1 Å². The summed E-state index contributed by atoms with van der Waals surface area (Å²) >= 11 is 0. The molecule has 1 unspecified atom stereocenters. The lowest BCUT2D eigenvalue weighted by atomic mass is 9.78. The van der Waals surface area contributed by atoms with E-state index < -0.39 is 18.0 Å². The standard InChI is InChI=1S/C27H32N2O5/c1-3-29(15-17(2)26(31)32)25(30)14-18-12-19(13-18)28-27(33)34-16-24-22-10-6-4-8-20(22)21-9-5-7-11-23(21)24/h4-11,17-19,24H,3,12-16H2,1-2H3,(H,28,33)(H,31,32). The molecule has 7 heteroatoms. The van der Waals surface area contributed by atoms with E-state index in [2.05, 4.69) is 29.6 Å². The molecule has 1 atom stereocenters. The second kappa shape index (κ2) is 10.3. The average molecular weight is 465 g/mol. The van der Waals surface area contributed by atoms with E-state index in [4.69, 9.17) is 9.84 Å². The molecule has 0 aromatic heterocycles. The number of hydrogen-bond acceptors (Lipinski definition) is 4. The van der Waals surface area contributed by atoms with E-state index in [9.17, 15) is 14.4 Å². The molecule has 4 rings (SSSR count). The van der Waals surface area contributed by atoms with E-state index in [0.29, 0.717) is 13.0 Å². The van der Waals surface area contributed by atoms with Gasteiger partial charge in [0, 0.05) is 31.5 Å². The minimum atomic E-state index is -0.901. The summed E-state index contributed by atoms with van der Waals surface area (Å²) in [4.78, 5) is 37.6. The summed E-state index contributed by atoms with van der Waals surface area (Å²) < 4.78 is 5.60. The van der Waals surface area contributed by atoms with Gasteiger partial charge >= 0.3 is 12.1 Å². The number of hydrogen-bond donors (Lipinski definition) is 2. The molecule has 2 aliphatic carbocycles. The van der Waals surface area contributed by atoms with Crippen LogP contribution in [0.4, 0.5) is 4.79 Å². The smallest absolute Gasteiger partial charge is 0.407 e. The predicted molar refractivity (Wildman–Crippen MR) is 128 cm³/mol. The van der Waals surface area contributed by atoms with Gasteiger partial charge in [-0.3, -0.25) is 9.59 Å². The summed E-state index contributed by atoms with van der Waals surface area (Å²) in [6.45, 7) is 4.45. The molecule has 1 fully saturated rings. The molecule has 0 heterocycles. The Hall–Kier alpha value is -3.35. The number of aliphatic carboxylic acids is 1. The van der Waals surface area contributed by atoms with E-state index in [1.54, 1.807) is 11.8 Å². The molecule has 0 radical (unpaired) electrons. The fraction of sp³-hybridized carbons (Fsp3) is 0.444. The van der Waals surface area contributed by atoms with Crippen LogP contribution in [0.1, 0.15) is 50.2 Å². The van der Waals surface area contributed by atoms with E-state index in [1.165, 1.54) is 22.3 Å². The van der Waals surface area contributed by atoms with Crippen molar-refractivity contribution in [1.29, 1.82) is 0 Å². The molecular weight excluding hydrogens is 432 g/mol. The summed E-state index contributed by atoms with van der Waals surface area (Å²) in [7, 11) is 0. The summed E-state index contributed by atoms with van der Waals surface area (Å²) in [5, 5.41) is 12.0. The van der Waals surface area contributed by atoms with Crippen LogP contribution in [-0.2, 0) is 14.3 Å². The highest BCUT2D eigenvalue weighted by atomic mass is 16.5. The first-order valence-electron chi connectivity index (χ1n) is 12.0. The van der Waals surface area contributed by atoms with Gasteiger partial charge in [-0.25, -0.2) is 4.79 Å². The number of amides is 2. The number of carboxylic acids is 1. The Morgan fingerprint density at radius 1 is 1.06 bits per heavy atom. The molecular formula is C27H32N2O5. The number of carbonyl (C=O) groups is 3. The van der Waals surface area contributed by atoms with Crippen molar-refractivity contribution in [2.75, 3.05) is 19.7 Å². The molecule has 0 saturated heterocycles. The monoisotopic (exact) mass is 464 g/mol. The summed E-state index contributed by atoms with van der Waals surface area (Å²) in [6.07, 6.45) is 1.40. The maximum Gasteiger partial charge on any atom is 0.407 e. The first kappa shape index (κ1) is 23.8. The van der Waals surface area contributed by atoms with Crippen LogP contribution in [0.25, 0.3) is 11.1 Å². The van der Waals surface area contributed by atoms with Crippen LogP contribution >= 0.6 is 0 Å². The second-order valence-corrected chi connectivity index (χ2v) is 9.38. The molecule has 2 aliphatic rings. The number of fused-ring (bicyclic) bond motifs is 3. The Balaban J connectivity index is 1.22. The minimum Gasteiger partial charge on any atom is -0.481 e. The minimum absolute atomic E-state index is 0.00136. The van der Waals surface area contributed by atoms with Crippen LogP contribution in [-0.4, -0.2) is 53.7 Å². The third-order valence-electron chi connectivity index (χ3n) is 7.01. The Bertz CT molecular complexity index is 1020. The van der Waals surface area contributed by atoms with Gasteiger partial charge in [-0.15, -0.1) is 0 Å². The highest BCUT2D eigenvalue weighted by Gasteiger charge is 2.34. The lowest BCUT2D eigenvalue weighted by molar-refractivity contribution is -0.143. The predicted octanol–water partition coefficient (Wildman–Crippen LogP) is 4.26. The zero-order valence-electron chi connectivity index (χ0n) is 19.7. The molecule has 0 spiro atoms. The highest BCUT2D eigenvalue weighted by molar-refractivity contribution is 5.79. The maximum atomic E-state index is 12.5. The van der Waals surface area contributed by atoms with Crippen LogP contribution in [0.15, 0.2) is 48.5 Å². The zero-order valence-corrected chi connectivity index (χ0v) is 19.7. The maximum absolute atomic E-state index is 12.5. The van der Waals surface area contributed by atoms with Gasteiger partial charge in [0.25, 0.3) is 0 Å². The van der Waals surface area contributed by atoms with Gasteiger partial charge in [-0.2, -0.15) is 0 Å². The molecule has 2 aromatic carbocycles. The summed E-state index contributed by atoms with van der Waals surface area (Å²) in [5.41, 5.74) is 4.74. The molecule has 2 amide bonds. The van der Waals surface area contributed by atoms with Crippen LogP contribution in [0.5, 0.6) is 0 Å². The van der Waals surface area contributed by atoms with Gasteiger partial charge < -0.3 is 20.1 Å². The van der Waals surface area contributed by atoms with E-state index in [0.717, 1.165) is 12.8 Å². The Morgan fingerprint density at radius 3 is 2.21 bits per heavy atom. The average Bonchev–Trinajstić information content (AvgIpc) is 3.13. The molecule has 180 valence electrons. The van der Waals surface area contributed by atoms with Crippen molar-refractivity contribution in [2.24, 2.45) is 11.8 Å². The fourth-order valence-electron chi connectivity index (χ4n) is 5.02. The summed E-state index contributed by atoms with van der Waals surface area (Å²) in [6, 6.07) is 16.5. The Labute approximate surface area is 200 Å². The first-order valence-corrected chi connectivity index (χ1v) is 12.0. The SMILES string of the molecule is CCN(CC(C)C(=O)O)C(=O)CC1CC(NC(=O)OCC2c3ccccc3-c3ccccc32)C1. The van der Waals surface area contributed by atoms with Gasteiger partial charge in [0.1, 0.15) is 6.61 Å². The van der Waals surface area contributed by atoms with E-state index in [1.807, 2.05) is 31.2 Å². The lowest BCUT2D eigenvalue weighted by Gasteiger charge is -2.36. The zero-order chi connectivity index (χ0) is 24.2. The van der Waals surface area contributed by atoms with Gasteiger partial charge in [-0.1, -0.05) is 55.5 Å². The van der Waals surface area contributed by atoms with E-state index in [-0.39, 0.29) is 36.9 Å². The number of nitrogens with zero attached hydrogens (tertiary/aromatic N) is 1. The quantitative estimate of drug-likeness (QED) is 0.578. The van der Waals surface area contributed by atoms with Gasteiger partial charge in [0.2, 0.25) is 5.91 Å². The van der Waals surface area contributed by atoms with Crippen LogP contribution in [0.3, 0.4) is 0 Å². The van der Waals surface area contributed by atoms with Crippen LogP contribution in [0, 0.1) is 11.8 Å². The van der Waals surface area contributed by atoms with Gasteiger partial charge in [0.15, 0.2) is 0 Å². The second-order valence-electron chi connectivity index (χ2n) is 9.38. The molecule has 0 aliphatic heterocycles. The molecule has 34 heavy (non-hydrogen) atoms. The molecule has 0 bridgehead atoms. The lowest BCUT2D eigenvalue weighted by Crippen LogP contribution is -2.46. The fourth-order valence-corrected chi connectivity index (χ4v) is 5.02. The van der Waals surface area contributed by atoms with Crippen molar-refractivity contribution in [3.63, 3.8) is 0 Å². The van der Waals surface area contributed by atoms with Crippen molar-refractivity contribution < 1.29 is 24.2 Å². The number of carbonyl (C=O) groups excluding carboxylic acids is 2. The normalized spacial score (nSPS) is 19.4. The molecule has 2 N–H and O–H groups in total. The van der Waals surface area contributed by atoms with Crippen LogP contribution in [0.2, 0.25) is 0 Å². The van der Waals surface area contributed by atoms with Crippen molar-refractivity contribution in [3.8, 4) is 11.1 Å². The number of carboxylic acid groups (broad SMARTS) is 1. The molecule has 7 nitrogen and oxygen atoms in total. The topological polar surface area (TPSA) is 95.9 Å². The van der Waals surface area contributed by atoms with Crippen molar-refractivity contribution >= 4 is 18.0 Å². The third-order valence-corrected chi connectivity index (χ3v) is 7.01. The van der Waals surface area contributed by atoms with Crippen molar-refractivity contribution in [3.05, 3.63) is 59.7 Å². The Kier molecular flexibility index (Phi) is 7.20. The Morgan fingerprint density at radius 2 is 1.65 bits per heavy atom. The largest absolute Gasteiger partial charge is 0.481 e. The number of benzene rings is 2. The molecule has 1 saturated carbocycles. The number of nitrogens with one attached hydrogen (secondary N) is 1. The number of rotatable bonds is 9. The first-order chi connectivity index (χ1) is 16.4. The molecule has 2 aromatic rings. The van der Waals surface area contributed by atoms with Gasteiger partial charge in [0.05, 0.1) is 5.92 Å².